The van der Waals surface area contributed by atoms with Gasteiger partial charge in [-0.15, -0.1) is 0 Å². The number of anilines is 1. The molecule has 2 rings (SSSR count). The Bertz CT molecular complexity index is 682. The molecule has 0 radical (unpaired) electrons. The summed E-state index contributed by atoms with van der Waals surface area (Å²) in [7, 11) is 0. The third-order valence-electron chi connectivity index (χ3n) is 4.06. The Kier molecular flexibility index (Phi) is 7.38. The zero-order chi connectivity index (χ0) is 18.9. The van der Waals surface area contributed by atoms with E-state index >= 15 is 0 Å². The van der Waals surface area contributed by atoms with Gasteiger partial charge in [-0.25, -0.2) is 0 Å². The van der Waals surface area contributed by atoms with Crippen molar-refractivity contribution in [2.24, 2.45) is 11.8 Å². The van der Waals surface area contributed by atoms with Gasteiger partial charge in [0.25, 0.3) is 11.8 Å². The van der Waals surface area contributed by atoms with Crippen LogP contribution in [-0.2, 0) is 14.3 Å². The van der Waals surface area contributed by atoms with Gasteiger partial charge in [-0.05, 0) is 37.3 Å². The van der Waals surface area contributed by atoms with E-state index in [4.69, 9.17) is 4.74 Å². The van der Waals surface area contributed by atoms with Crippen LogP contribution in [0.5, 0.6) is 0 Å². The molecule has 26 heavy (non-hydrogen) atoms. The van der Waals surface area contributed by atoms with Gasteiger partial charge in [-0.1, -0.05) is 38.1 Å². The van der Waals surface area contributed by atoms with Crippen LogP contribution in [0.3, 0.4) is 0 Å². The molecule has 2 N–H and O–H groups in total. The maximum atomic E-state index is 12.3. The molecular weight excluding hydrogens is 332 g/mol. The Hall–Kier alpha value is -2.63. The Labute approximate surface area is 154 Å². The maximum Gasteiger partial charge on any atom is 0.309 e. The van der Waals surface area contributed by atoms with Crippen LogP contribution in [0.1, 0.15) is 43.5 Å². The summed E-state index contributed by atoms with van der Waals surface area (Å²) in [5.41, 5.74) is 0.778. The molecule has 0 fully saturated rings. The summed E-state index contributed by atoms with van der Waals surface area (Å²) in [6.07, 6.45) is 6.25. The number of benzene rings is 1. The normalized spacial score (nSPS) is 16.2. The van der Waals surface area contributed by atoms with E-state index in [9.17, 15) is 14.4 Å². The molecule has 6 nitrogen and oxygen atoms in total. The molecule has 6 heteroatoms. The third-order valence-corrected chi connectivity index (χ3v) is 4.06. The van der Waals surface area contributed by atoms with E-state index in [1.165, 1.54) is 0 Å². The molecule has 0 aliphatic heterocycles. The van der Waals surface area contributed by atoms with Crippen LogP contribution in [0.15, 0.2) is 36.4 Å². The molecule has 0 bridgehead atoms. The van der Waals surface area contributed by atoms with Crippen molar-refractivity contribution in [2.75, 3.05) is 18.5 Å². The average Bonchev–Trinajstić information content (AvgIpc) is 2.65. The predicted molar refractivity (Wildman–Crippen MR) is 99.7 cm³/mol. The molecular formula is C20H26N2O4. The second-order valence-electron chi connectivity index (χ2n) is 6.79. The largest absolute Gasteiger partial charge is 0.455 e. The fourth-order valence-electron chi connectivity index (χ4n) is 2.63. The van der Waals surface area contributed by atoms with Crippen LogP contribution in [0.25, 0.3) is 0 Å². The van der Waals surface area contributed by atoms with Crippen LogP contribution in [0, 0.1) is 11.8 Å². The van der Waals surface area contributed by atoms with E-state index in [2.05, 4.69) is 10.6 Å². The molecule has 1 aliphatic rings. The molecule has 0 spiro atoms. The zero-order valence-corrected chi connectivity index (χ0v) is 15.3. The lowest BCUT2D eigenvalue weighted by Crippen LogP contribution is -2.29. The number of esters is 1. The lowest BCUT2D eigenvalue weighted by molar-refractivity contribution is -0.151. The Morgan fingerprint density at radius 2 is 1.96 bits per heavy atom. The van der Waals surface area contributed by atoms with Gasteiger partial charge in [-0.2, -0.15) is 0 Å². The topological polar surface area (TPSA) is 84.5 Å². The first-order chi connectivity index (χ1) is 12.5. The van der Waals surface area contributed by atoms with Crippen LogP contribution in [0.2, 0.25) is 0 Å². The van der Waals surface area contributed by atoms with E-state index in [0.717, 1.165) is 12.8 Å². The van der Waals surface area contributed by atoms with Gasteiger partial charge in [0.1, 0.15) is 0 Å². The minimum absolute atomic E-state index is 0.179. The smallest absolute Gasteiger partial charge is 0.309 e. The van der Waals surface area contributed by atoms with Crippen LogP contribution in [-0.4, -0.2) is 30.9 Å². The number of allylic oxidation sites excluding steroid dienone is 2. The molecule has 0 aromatic heterocycles. The van der Waals surface area contributed by atoms with Gasteiger partial charge in [0.05, 0.1) is 17.2 Å². The summed E-state index contributed by atoms with van der Waals surface area (Å²) in [6, 6.07) is 6.76. The van der Waals surface area contributed by atoms with Gasteiger partial charge >= 0.3 is 5.97 Å². The maximum absolute atomic E-state index is 12.3. The average molecular weight is 358 g/mol. The SMILES string of the molecule is CC(C)CNC(=O)c1ccccc1NC(=O)COC(=O)C1CC=CCC1. The Morgan fingerprint density at radius 1 is 1.19 bits per heavy atom. The van der Waals surface area contributed by atoms with E-state index in [1.54, 1.807) is 24.3 Å². The minimum atomic E-state index is -0.464. The third kappa shape index (κ3) is 6.02. The molecule has 1 atom stereocenters. The van der Waals surface area contributed by atoms with Crippen LogP contribution >= 0.6 is 0 Å². The van der Waals surface area contributed by atoms with Crippen molar-refractivity contribution >= 4 is 23.5 Å². The molecule has 0 heterocycles. The predicted octanol–water partition coefficient (Wildman–Crippen LogP) is 2.91. The lowest BCUT2D eigenvalue weighted by Gasteiger charge is -2.16. The van der Waals surface area contributed by atoms with Crippen LogP contribution in [0.4, 0.5) is 5.69 Å². The van der Waals surface area contributed by atoms with Crippen molar-refractivity contribution in [1.82, 2.24) is 5.32 Å². The van der Waals surface area contributed by atoms with E-state index < -0.39 is 5.91 Å². The Morgan fingerprint density at radius 3 is 2.65 bits per heavy atom. The van der Waals surface area contributed by atoms with Crippen LogP contribution < -0.4 is 10.6 Å². The lowest BCUT2D eigenvalue weighted by atomic mass is 9.95. The molecule has 140 valence electrons. The second-order valence-corrected chi connectivity index (χ2v) is 6.79. The Balaban J connectivity index is 1.89. The highest BCUT2D eigenvalue weighted by Gasteiger charge is 2.21. The van der Waals surface area contributed by atoms with E-state index in [0.29, 0.717) is 30.1 Å². The highest BCUT2D eigenvalue weighted by atomic mass is 16.5. The van der Waals surface area contributed by atoms with Gasteiger partial charge in [0.2, 0.25) is 0 Å². The number of nitrogens with one attached hydrogen (secondary N) is 2. The quantitative estimate of drug-likeness (QED) is 0.580. The number of carbonyl (C=O) groups is 3. The summed E-state index contributed by atoms with van der Waals surface area (Å²) in [6.45, 7) is 4.20. The van der Waals surface area contributed by atoms with E-state index in [1.807, 2.05) is 26.0 Å². The summed E-state index contributed by atoms with van der Waals surface area (Å²) in [4.78, 5) is 36.4. The number of hydrogen-bond donors (Lipinski definition) is 2. The summed E-state index contributed by atoms with van der Waals surface area (Å²) in [5.74, 6) is -0.918. The molecule has 1 aliphatic carbocycles. The first-order valence-corrected chi connectivity index (χ1v) is 8.96. The highest BCUT2D eigenvalue weighted by molar-refractivity contribution is 6.04. The fourth-order valence-corrected chi connectivity index (χ4v) is 2.63. The van der Waals surface area contributed by atoms with Crippen molar-refractivity contribution in [3.8, 4) is 0 Å². The monoisotopic (exact) mass is 358 g/mol. The molecule has 1 aromatic carbocycles. The standard InChI is InChI=1S/C20H26N2O4/c1-14(2)12-21-19(24)16-10-6-7-11-17(16)22-18(23)13-26-20(25)15-8-4-3-5-9-15/h3-4,6-7,10-11,14-15H,5,8-9,12-13H2,1-2H3,(H,21,24)(H,22,23). The summed E-state index contributed by atoms with van der Waals surface area (Å²) in [5, 5.41) is 5.47. The highest BCUT2D eigenvalue weighted by Crippen LogP contribution is 2.19. The van der Waals surface area contributed by atoms with Crippen molar-refractivity contribution in [3.63, 3.8) is 0 Å². The summed E-state index contributed by atoms with van der Waals surface area (Å²) >= 11 is 0. The molecule has 1 aromatic rings. The first-order valence-electron chi connectivity index (χ1n) is 8.96. The van der Waals surface area contributed by atoms with Crippen molar-refractivity contribution in [2.45, 2.75) is 33.1 Å². The molecule has 1 unspecified atom stereocenters. The number of hydrogen-bond acceptors (Lipinski definition) is 4. The molecule has 2 amide bonds. The summed E-state index contributed by atoms with van der Waals surface area (Å²) < 4.78 is 5.11. The van der Waals surface area contributed by atoms with Gasteiger partial charge in [0, 0.05) is 6.54 Å². The molecule has 0 saturated carbocycles. The molecule has 0 saturated heterocycles. The van der Waals surface area contributed by atoms with Crippen molar-refractivity contribution < 1.29 is 19.1 Å². The van der Waals surface area contributed by atoms with Crippen molar-refractivity contribution in [1.29, 1.82) is 0 Å². The van der Waals surface area contributed by atoms with Gasteiger partial charge in [-0.3, -0.25) is 14.4 Å². The fraction of sp³-hybridized carbons (Fsp3) is 0.450. The number of para-hydroxylation sites is 1. The van der Waals surface area contributed by atoms with E-state index in [-0.39, 0.29) is 24.4 Å². The zero-order valence-electron chi connectivity index (χ0n) is 15.3. The number of amides is 2. The minimum Gasteiger partial charge on any atom is -0.455 e. The first kappa shape index (κ1) is 19.7. The van der Waals surface area contributed by atoms with Gasteiger partial charge < -0.3 is 15.4 Å². The number of carbonyl (C=O) groups excluding carboxylic acids is 3. The van der Waals surface area contributed by atoms with Crippen molar-refractivity contribution in [3.05, 3.63) is 42.0 Å². The number of rotatable bonds is 7. The second kappa shape index (κ2) is 9.75. The number of ether oxygens (including phenoxy) is 1. The van der Waals surface area contributed by atoms with Gasteiger partial charge in [0.15, 0.2) is 6.61 Å².